The van der Waals surface area contributed by atoms with Crippen LogP contribution in [0.3, 0.4) is 0 Å². The lowest BCUT2D eigenvalue weighted by molar-refractivity contribution is -0.134. The van der Waals surface area contributed by atoms with E-state index in [0.29, 0.717) is 24.9 Å². The van der Waals surface area contributed by atoms with E-state index in [-0.39, 0.29) is 12.5 Å². The third kappa shape index (κ3) is 5.62. The number of benzene rings is 1. The lowest BCUT2D eigenvalue weighted by Crippen LogP contribution is -2.41. The molecule has 5 heteroatoms. The molecule has 0 spiro atoms. The number of carbonyl (C=O) groups is 1. The molecule has 1 heterocycles. The Bertz CT molecular complexity index is 907. The SMILES string of the molecule is CCCC1CCC(c2nc3cc(CO)ccc3n2CCC(=O)N(CC)C2CCCCC2)CC1. The van der Waals surface area contributed by atoms with Crippen molar-refractivity contribution >= 4 is 16.9 Å². The van der Waals surface area contributed by atoms with Crippen molar-refractivity contribution in [2.24, 2.45) is 5.92 Å². The highest BCUT2D eigenvalue weighted by atomic mass is 16.3. The van der Waals surface area contributed by atoms with Gasteiger partial charge in [0.2, 0.25) is 5.91 Å². The molecule has 2 fully saturated rings. The summed E-state index contributed by atoms with van der Waals surface area (Å²) in [5, 5.41) is 9.60. The monoisotopic (exact) mass is 453 g/mol. The summed E-state index contributed by atoms with van der Waals surface area (Å²) in [4.78, 5) is 20.5. The van der Waals surface area contributed by atoms with Gasteiger partial charge in [-0.3, -0.25) is 4.79 Å². The van der Waals surface area contributed by atoms with Gasteiger partial charge in [-0.1, -0.05) is 45.1 Å². The van der Waals surface area contributed by atoms with Gasteiger partial charge in [-0.05, 0) is 69.1 Å². The largest absolute Gasteiger partial charge is 0.392 e. The molecule has 4 rings (SSSR count). The lowest BCUT2D eigenvalue weighted by Gasteiger charge is -2.34. The maximum Gasteiger partial charge on any atom is 0.224 e. The quantitative estimate of drug-likeness (QED) is 0.494. The minimum Gasteiger partial charge on any atom is -0.392 e. The molecule has 1 amide bonds. The van der Waals surface area contributed by atoms with Crippen LogP contribution in [0.5, 0.6) is 0 Å². The molecule has 0 bridgehead atoms. The minimum atomic E-state index is 0.0333. The number of aliphatic hydroxyl groups excluding tert-OH is 1. The van der Waals surface area contributed by atoms with E-state index in [1.807, 2.05) is 12.1 Å². The molecule has 1 N–H and O–H groups in total. The van der Waals surface area contributed by atoms with Gasteiger partial charge in [-0.2, -0.15) is 0 Å². The number of aliphatic hydroxyl groups is 1. The predicted octanol–water partition coefficient (Wildman–Crippen LogP) is 6.17. The van der Waals surface area contributed by atoms with Crippen LogP contribution < -0.4 is 0 Å². The Kier molecular flexibility index (Phi) is 8.45. The number of nitrogens with zero attached hydrogens (tertiary/aromatic N) is 3. The Morgan fingerprint density at radius 2 is 1.85 bits per heavy atom. The summed E-state index contributed by atoms with van der Waals surface area (Å²) in [5.41, 5.74) is 2.96. The first-order valence-corrected chi connectivity index (χ1v) is 13.5. The van der Waals surface area contributed by atoms with E-state index in [4.69, 9.17) is 4.98 Å². The topological polar surface area (TPSA) is 58.4 Å². The highest BCUT2D eigenvalue weighted by Gasteiger charge is 2.28. The smallest absolute Gasteiger partial charge is 0.224 e. The second-order valence-corrected chi connectivity index (χ2v) is 10.3. The molecular weight excluding hydrogens is 410 g/mol. The van der Waals surface area contributed by atoms with Gasteiger partial charge in [-0.15, -0.1) is 0 Å². The van der Waals surface area contributed by atoms with Gasteiger partial charge in [0.1, 0.15) is 5.82 Å². The number of rotatable bonds is 9. The third-order valence-electron chi connectivity index (χ3n) is 8.16. The highest BCUT2D eigenvalue weighted by Crippen LogP contribution is 2.38. The number of aromatic nitrogens is 2. The number of carbonyl (C=O) groups excluding carboxylic acids is 1. The van der Waals surface area contributed by atoms with Crippen molar-refractivity contribution in [1.29, 1.82) is 0 Å². The van der Waals surface area contributed by atoms with Crippen molar-refractivity contribution in [1.82, 2.24) is 14.5 Å². The summed E-state index contributed by atoms with van der Waals surface area (Å²) in [6.07, 6.45) is 14.2. The fourth-order valence-electron chi connectivity index (χ4n) is 6.34. The normalized spacial score (nSPS) is 22.0. The third-order valence-corrected chi connectivity index (χ3v) is 8.16. The molecule has 5 nitrogen and oxygen atoms in total. The maximum atomic E-state index is 13.3. The molecule has 2 aliphatic rings. The van der Waals surface area contributed by atoms with Crippen LogP contribution in [0.1, 0.15) is 108 Å². The molecule has 1 aromatic carbocycles. The number of hydrogen-bond donors (Lipinski definition) is 1. The number of amides is 1. The Morgan fingerprint density at radius 3 is 2.52 bits per heavy atom. The van der Waals surface area contributed by atoms with E-state index < -0.39 is 0 Å². The first-order valence-electron chi connectivity index (χ1n) is 13.5. The molecule has 0 aliphatic heterocycles. The summed E-state index contributed by atoms with van der Waals surface area (Å²) >= 11 is 0. The molecular formula is C28H43N3O2. The average Bonchev–Trinajstić information content (AvgIpc) is 3.22. The maximum absolute atomic E-state index is 13.3. The summed E-state index contributed by atoms with van der Waals surface area (Å²) in [6, 6.07) is 6.52. The standard InChI is InChI=1S/C28H43N3O2/c1-3-8-21-11-14-23(15-12-21)28-29-25-19-22(20-32)13-16-26(25)31(28)18-17-27(33)30(4-2)24-9-6-5-7-10-24/h13,16,19,21,23-24,32H,3-12,14-15,17-18,20H2,1-2H3. The minimum absolute atomic E-state index is 0.0333. The van der Waals surface area contributed by atoms with E-state index in [9.17, 15) is 9.90 Å². The molecule has 0 unspecified atom stereocenters. The van der Waals surface area contributed by atoms with Gasteiger partial charge < -0.3 is 14.6 Å². The van der Waals surface area contributed by atoms with E-state index in [1.54, 1.807) is 0 Å². The zero-order chi connectivity index (χ0) is 23.2. The summed E-state index contributed by atoms with van der Waals surface area (Å²) in [5.74, 6) is 2.78. The van der Waals surface area contributed by atoms with Crippen LogP contribution in [0.15, 0.2) is 18.2 Å². The first kappa shape index (κ1) is 24.3. The van der Waals surface area contributed by atoms with E-state index in [2.05, 4.69) is 29.4 Å². The van der Waals surface area contributed by atoms with Gasteiger partial charge in [-0.25, -0.2) is 4.98 Å². The van der Waals surface area contributed by atoms with Crippen LogP contribution >= 0.6 is 0 Å². The van der Waals surface area contributed by atoms with Crippen molar-refractivity contribution in [3.63, 3.8) is 0 Å². The number of fused-ring (bicyclic) bond motifs is 1. The zero-order valence-corrected chi connectivity index (χ0v) is 20.8. The number of hydrogen-bond acceptors (Lipinski definition) is 3. The van der Waals surface area contributed by atoms with E-state index >= 15 is 0 Å². The fourth-order valence-corrected chi connectivity index (χ4v) is 6.34. The zero-order valence-electron chi connectivity index (χ0n) is 20.8. The van der Waals surface area contributed by atoms with Crippen molar-refractivity contribution in [3.05, 3.63) is 29.6 Å². The molecule has 0 radical (unpaired) electrons. The summed E-state index contributed by atoms with van der Waals surface area (Å²) < 4.78 is 2.33. The van der Waals surface area contributed by atoms with Crippen LogP contribution in [0, 0.1) is 5.92 Å². The second-order valence-electron chi connectivity index (χ2n) is 10.3. The summed E-state index contributed by atoms with van der Waals surface area (Å²) in [6.45, 7) is 5.94. The van der Waals surface area contributed by atoms with Gasteiger partial charge in [0, 0.05) is 31.5 Å². The Morgan fingerprint density at radius 1 is 1.09 bits per heavy atom. The number of aryl methyl sites for hydroxylation is 1. The number of imidazole rings is 1. The predicted molar refractivity (Wildman–Crippen MR) is 134 cm³/mol. The van der Waals surface area contributed by atoms with Crippen LogP contribution in [0.4, 0.5) is 0 Å². The Hall–Kier alpha value is -1.88. The van der Waals surface area contributed by atoms with Gasteiger partial charge >= 0.3 is 0 Å². The molecule has 33 heavy (non-hydrogen) atoms. The van der Waals surface area contributed by atoms with Gasteiger partial charge in [0.05, 0.1) is 17.6 Å². The van der Waals surface area contributed by atoms with Crippen LogP contribution in [-0.2, 0) is 17.9 Å². The Labute approximate surface area is 199 Å². The van der Waals surface area contributed by atoms with Gasteiger partial charge in [0.15, 0.2) is 0 Å². The molecule has 182 valence electrons. The fraction of sp³-hybridized carbons (Fsp3) is 0.714. The molecule has 2 aromatic rings. The second kappa shape index (κ2) is 11.5. The van der Waals surface area contributed by atoms with E-state index in [0.717, 1.165) is 47.7 Å². The van der Waals surface area contributed by atoms with Crippen molar-refractivity contribution in [3.8, 4) is 0 Å². The molecule has 0 saturated heterocycles. The lowest BCUT2D eigenvalue weighted by atomic mass is 9.79. The van der Waals surface area contributed by atoms with E-state index in [1.165, 1.54) is 57.8 Å². The first-order chi connectivity index (χ1) is 16.1. The molecule has 1 aromatic heterocycles. The molecule has 2 saturated carbocycles. The highest BCUT2D eigenvalue weighted by molar-refractivity contribution is 5.79. The molecule has 2 aliphatic carbocycles. The van der Waals surface area contributed by atoms with Crippen molar-refractivity contribution < 1.29 is 9.90 Å². The molecule has 0 atom stereocenters. The Balaban J connectivity index is 1.53. The van der Waals surface area contributed by atoms with Crippen LogP contribution in [0.2, 0.25) is 0 Å². The van der Waals surface area contributed by atoms with Crippen LogP contribution in [0.25, 0.3) is 11.0 Å². The van der Waals surface area contributed by atoms with Gasteiger partial charge in [0.25, 0.3) is 0 Å². The van der Waals surface area contributed by atoms with Crippen molar-refractivity contribution in [2.75, 3.05) is 6.54 Å². The van der Waals surface area contributed by atoms with Crippen LogP contribution in [-0.4, -0.2) is 38.1 Å². The van der Waals surface area contributed by atoms with Crippen molar-refractivity contribution in [2.45, 2.75) is 116 Å². The average molecular weight is 454 g/mol. The summed E-state index contributed by atoms with van der Waals surface area (Å²) in [7, 11) is 0.